The van der Waals surface area contributed by atoms with Crippen LogP contribution in [0, 0.1) is 11.6 Å². The summed E-state index contributed by atoms with van der Waals surface area (Å²) in [6, 6.07) is 8.02. The molecule has 0 aromatic heterocycles. The Morgan fingerprint density at radius 1 is 1.14 bits per heavy atom. The largest absolute Gasteiger partial charge is 0.508 e. The molecule has 1 aliphatic rings. The highest BCUT2D eigenvalue weighted by molar-refractivity contribution is 5.95. The van der Waals surface area contributed by atoms with Crippen molar-refractivity contribution in [1.82, 2.24) is 5.32 Å². The van der Waals surface area contributed by atoms with Crippen molar-refractivity contribution >= 4 is 5.91 Å². The zero-order chi connectivity index (χ0) is 15.0. The third-order valence-corrected chi connectivity index (χ3v) is 3.74. The first-order chi connectivity index (χ1) is 10.1. The molecule has 2 aromatic carbocycles. The van der Waals surface area contributed by atoms with Crippen LogP contribution in [-0.2, 0) is 6.42 Å². The van der Waals surface area contributed by atoms with Crippen LogP contribution in [0.25, 0.3) is 0 Å². The molecule has 1 unspecified atom stereocenters. The molecule has 1 amide bonds. The van der Waals surface area contributed by atoms with Crippen molar-refractivity contribution in [3.8, 4) is 5.75 Å². The van der Waals surface area contributed by atoms with E-state index in [1.807, 2.05) is 0 Å². The van der Waals surface area contributed by atoms with Crippen LogP contribution in [-0.4, -0.2) is 11.0 Å². The van der Waals surface area contributed by atoms with Crippen molar-refractivity contribution in [3.63, 3.8) is 0 Å². The summed E-state index contributed by atoms with van der Waals surface area (Å²) < 4.78 is 27.2. The molecule has 2 N–H and O–H groups in total. The van der Waals surface area contributed by atoms with E-state index >= 15 is 0 Å². The van der Waals surface area contributed by atoms with E-state index < -0.39 is 23.1 Å². The molecular weight excluding hydrogens is 276 g/mol. The number of phenolic OH excluding ortho intramolecular Hbond substituents is 1. The average Bonchev–Trinajstić information content (AvgIpc) is 2.83. The molecule has 0 bridgehead atoms. The van der Waals surface area contributed by atoms with Gasteiger partial charge in [0.1, 0.15) is 22.9 Å². The monoisotopic (exact) mass is 289 g/mol. The predicted octanol–water partition coefficient (Wildman–Crippen LogP) is 3.09. The molecule has 0 aliphatic heterocycles. The summed E-state index contributed by atoms with van der Waals surface area (Å²) in [4.78, 5) is 12.1. The quantitative estimate of drug-likeness (QED) is 0.892. The molecule has 3 rings (SSSR count). The third-order valence-electron chi connectivity index (χ3n) is 3.74. The predicted molar refractivity (Wildman–Crippen MR) is 73.0 cm³/mol. The Hall–Kier alpha value is -2.43. The van der Waals surface area contributed by atoms with E-state index in [0.29, 0.717) is 12.8 Å². The minimum Gasteiger partial charge on any atom is -0.508 e. The van der Waals surface area contributed by atoms with Crippen molar-refractivity contribution in [3.05, 3.63) is 64.7 Å². The second kappa shape index (κ2) is 5.16. The van der Waals surface area contributed by atoms with Crippen LogP contribution >= 0.6 is 0 Å². The van der Waals surface area contributed by atoms with Gasteiger partial charge in [-0.2, -0.15) is 0 Å². The number of hydrogen-bond acceptors (Lipinski definition) is 2. The molecule has 0 fully saturated rings. The lowest BCUT2D eigenvalue weighted by molar-refractivity contribution is 0.0928. The van der Waals surface area contributed by atoms with E-state index in [2.05, 4.69) is 5.32 Å². The molecule has 3 nitrogen and oxygen atoms in total. The Morgan fingerprint density at radius 3 is 2.52 bits per heavy atom. The Kier molecular flexibility index (Phi) is 3.33. The fraction of sp³-hybridized carbons (Fsp3) is 0.188. The van der Waals surface area contributed by atoms with Gasteiger partial charge in [-0.15, -0.1) is 0 Å². The minimum atomic E-state index is -0.887. The molecular formula is C16H13F2NO2. The second-order valence-corrected chi connectivity index (χ2v) is 5.01. The Morgan fingerprint density at radius 2 is 1.81 bits per heavy atom. The molecule has 0 radical (unpaired) electrons. The first-order valence-electron chi connectivity index (χ1n) is 6.63. The maximum atomic E-state index is 13.6. The summed E-state index contributed by atoms with van der Waals surface area (Å²) in [5, 5.41) is 12.4. The highest BCUT2D eigenvalue weighted by atomic mass is 19.1. The lowest BCUT2D eigenvalue weighted by atomic mass is 10.1. The van der Waals surface area contributed by atoms with Gasteiger partial charge in [-0.1, -0.05) is 18.2 Å². The minimum absolute atomic E-state index is 0.182. The van der Waals surface area contributed by atoms with Crippen LogP contribution in [0.2, 0.25) is 0 Å². The van der Waals surface area contributed by atoms with Gasteiger partial charge in [-0.25, -0.2) is 8.78 Å². The van der Waals surface area contributed by atoms with E-state index in [4.69, 9.17) is 0 Å². The van der Waals surface area contributed by atoms with Gasteiger partial charge >= 0.3 is 0 Å². The van der Waals surface area contributed by atoms with Gasteiger partial charge in [0.15, 0.2) is 0 Å². The molecule has 108 valence electrons. The number of amides is 1. The van der Waals surface area contributed by atoms with Gasteiger partial charge in [0.05, 0.1) is 6.04 Å². The molecule has 5 heteroatoms. The molecule has 21 heavy (non-hydrogen) atoms. The maximum absolute atomic E-state index is 13.6. The van der Waals surface area contributed by atoms with Crippen molar-refractivity contribution in [2.24, 2.45) is 0 Å². The summed E-state index contributed by atoms with van der Waals surface area (Å²) in [6.45, 7) is 0. The van der Waals surface area contributed by atoms with Crippen molar-refractivity contribution < 1.29 is 18.7 Å². The highest BCUT2D eigenvalue weighted by Gasteiger charge is 2.27. The summed E-state index contributed by atoms with van der Waals surface area (Å²) in [7, 11) is 0. The van der Waals surface area contributed by atoms with Gasteiger partial charge in [-0.05, 0) is 42.2 Å². The van der Waals surface area contributed by atoms with E-state index in [0.717, 1.165) is 23.3 Å². The van der Waals surface area contributed by atoms with Crippen molar-refractivity contribution in [2.45, 2.75) is 18.9 Å². The van der Waals surface area contributed by atoms with Crippen LogP contribution in [0.1, 0.15) is 33.9 Å². The zero-order valence-electron chi connectivity index (χ0n) is 11.1. The smallest absolute Gasteiger partial charge is 0.257 e. The first-order valence-corrected chi connectivity index (χ1v) is 6.63. The van der Waals surface area contributed by atoms with Gasteiger partial charge < -0.3 is 10.4 Å². The van der Waals surface area contributed by atoms with Crippen molar-refractivity contribution in [1.29, 1.82) is 0 Å². The fourth-order valence-corrected chi connectivity index (χ4v) is 2.73. The lowest BCUT2D eigenvalue weighted by Crippen LogP contribution is -2.28. The summed E-state index contributed by atoms with van der Waals surface area (Å²) >= 11 is 0. The number of benzene rings is 2. The van der Waals surface area contributed by atoms with Gasteiger partial charge in [0.25, 0.3) is 5.91 Å². The topological polar surface area (TPSA) is 49.3 Å². The maximum Gasteiger partial charge on any atom is 0.257 e. The molecule has 2 aromatic rings. The van der Waals surface area contributed by atoms with Crippen LogP contribution < -0.4 is 5.32 Å². The Bertz CT molecular complexity index is 695. The molecule has 0 saturated heterocycles. The molecule has 0 spiro atoms. The molecule has 1 aliphatic carbocycles. The number of hydrogen-bond donors (Lipinski definition) is 2. The highest BCUT2D eigenvalue weighted by Crippen LogP contribution is 2.36. The third kappa shape index (κ3) is 2.35. The van der Waals surface area contributed by atoms with Crippen molar-refractivity contribution in [2.75, 3.05) is 0 Å². The number of carbonyl (C=O) groups is 1. The summed E-state index contributed by atoms with van der Waals surface area (Å²) in [5.41, 5.74) is 0.989. The van der Waals surface area contributed by atoms with E-state index in [9.17, 15) is 18.7 Å². The Labute approximate surface area is 120 Å². The fourth-order valence-electron chi connectivity index (χ4n) is 2.73. The van der Waals surface area contributed by atoms with Gasteiger partial charge in [-0.3, -0.25) is 4.79 Å². The summed E-state index contributed by atoms with van der Waals surface area (Å²) in [6.07, 6.45) is 1.21. The average molecular weight is 289 g/mol. The van der Waals surface area contributed by atoms with Gasteiger partial charge in [0.2, 0.25) is 0 Å². The normalized spacial score (nSPS) is 16.6. The second-order valence-electron chi connectivity index (χ2n) is 5.01. The number of halogens is 2. The number of aromatic hydroxyl groups is 1. The SMILES string of the molecule is O=C(NC1CCc2c(O)cccc21)c1c(F)cccc1F. The molecule has 0 heterocycles. The standard InChI is InChI=1S/C16H13F2NO2/c17-11-4-2-5-12(18)15(11)16(21)19-13-8-7-10-9(13)3-1-6-14(10)20/h1-6,13,20H,7-8H2,(H,19,21). The number of fused-ring (bicyclic) bond motifs is 1. The van der Waals surface area contributed by atoms with E-state index in [-0.39, 0.29) is 11.8 Å². The first kappa shape index (κ1) is 13.5. The van der Waals surface area contributed by atoms with Crippen LogP contribution in [0.15, 0.2) is 36.4 Å². The number of carbonyl (C=O) groups excluding carboxylic acids is 1. The van der Waals surface area contributed by atoms with Crippen LogP contribution in [0.3, 0.4) is 0 Å². The lowest BCUT2D eigenvalue weighted by Gasteiger charge is -2.15. The van der Waals surface area contributed by atoms with Gasteiger partial charge in [0, 0.05) is 0 Å². The zero-order valence-corrected chi connectivity index (χ0v) is 11.1. The van der Waals surface area contributed by atoms with E-state index in [1.54, 1.807) is 18.2 Å². The van der Waals surface area contributed by atoms with Crippen LogP contribution in [0.4, 0.5) is 8.78 Å². The van der Waals surface area contributed by atoms with Crippen LogP contribution in [0.5, 0.6) is 5.75 Å². The number of phenols is 1. The Balaban J connectivity index is 1.87. The van der Waals surface area contributed by atoms with E-state index in [1.165, 1.54) is 6.07 Å². The summed E-state index contributed by atoms with van der Waals surface area (Å²) in [5.74, 6) is -2.38. The molecule has 1 atom stereocenters. The number of nitrogens with one attached hydrogen (secondary N) is 1. The molecule has 0 saturated carbocycles. The number of rotatable bonds is 2.